The fourth-order valence-electron chi connectivity index (χ4n) is 4.63. The van der Waals surface area contributed by atoms with Crippen LogP contribution in [0.2, 0.25) is 10.0 Å². The number of imidazole rings is 1. The number of carbonyl (C=O) groups excluding carboxylic acids is 2. The van der Waals surface area contributed by atoms with Crippen LogP contribution >= 0.6 is 23.2 Å². The van der Waals surface area contributed by atoms with Crippen LogP contribution in [0, 0.1) is 0 Å². The van der Waals surface area contributed by atoms with Gasteiger partial charge in [0.2, 0.25) is 0 Å². The van der Waals surface area contributed by atoms with Crippen molar-refractivity contribution >= 4 is 40.6 Å². The molecule has 5 rings (SSSR count). The Labute approximate surface area is 254 Å². The van der Waals surface area contributed by atoms with Gasteiger partial charge in [0.05, 0.1) is 17.8 Å². The van der Waals surface area contributed by atoms with Gasteiger partial charge in [0, 0.05) is 46.6 Å². The number of methoxy groups -OCH3 is 1. The Morgan fingerprint density at radius 1 is 0.881 bits per heavy atom. The van der Waals surface area contributed by atoms with Crippen molar-refractivity contribution in [3.8, 4) is 28.1 Å². The molecule has 0 saturated carbocycles. The quantitative estimate of drug-likeness (QED) is 0.129. The molecule has 0 bridgehead atoms. The number of ketones is 1. The first-order chi connectivity index (χ1) is 20.3. The first kappa shape index (κ1) is 29.1. The molecule has 1 heterocycles. The minimum atomic E-state index is -0.338. The Hall–Kier alpha value is -4.39. The predicted molar refractivity (Wildman–Crippen MR) is 169 cm³/mol. The molecule has 0 aliphatic carbocycles. The van der Waals surface area contributed by atoms with Crippen LogP contribution in [0.4, 0.5) is 5.69 Å². The van der Waals surface area contributed by atoms with E-state index < -0.39 is 0 Å². The highest BCUT2D eigenvalue weighted by molar-refractivity contribution is 6.36. The zero-order valence-electron chi connectivity index (χ0n) is 23.2. The van der Waals surface area contributed by atoms with Gasteiger partial charge in [-0.2, -0.15) is 0 Å². The van der Waals surface area contributed by atoms with Gasteiger partial charge in [-0.25, -0.2) is 4.98 Å². The zero-order chi connectivity index (χ0) is 29.6. The van der Waals surface area contributed by atoms with E-state index in [-0.39, 0.29) is 18.3 Å². The molecule has 0 aliphatic heterocycles. The number of aromatic nitrogens is 2. The van der Waals surface area contributed by atoms with E-state index in [1.165, 1.54) is 7.11 Å². The van der Waals surface area contributed by atoms with Crippen LogP contribution in [0.3, 0.4) is 0 Å². The number of anilines is 1. The van der Waals surface area contributed by atoms with Crippen molar-refractivity contribution in [2.75, 3.05) is 19.0 Å². The Kier molecular flexibility index (Phi) is 9.06. The fourth-order valence-corrected chi connectivity index (χ4v) is 5.14. The van der Waals surface area contributed by atoms with Gasteiger partial charge < -0.3 is 14.6 Å². The lowest BCUT2D eigenvalue weighted by molar-refractivity contribution is -0.138. The maximum absolute atomic E-state index is 12.0. The lowest BCUT2D eigenvalue weighted by atomic mass is 10.00. The Morgan fingerprint density at radius 2 is 1.55 bits per heavy atom. The molecular weight excluding hydrogens is 569 g/mol. The summed E-state index contributed by atoms with van der Waals surface area (Å²) < 4.78 is 6.75. The molecule has 0 saturated heterocycles. The van der Waals surface area contributed by atoms with Crippen molar-refractivity contribution in [2.24, 2.45) is 0 Å². The number of nitrogens with one attached hydrogen (secondary N) is 1. The highest BCUT2D eigenvalue weighted by atomic mass is 35.5. The molecule has 5 aromatic rings. The number of Topliss-reactive ketones (excluding diaryl/α,β-unsaturated/α-hetero) is 1. The van der Waals surface area contributed by atoms with Crippen molar-refractivity contribution in [1.82, 2.24) is 9.55 Å². The number of halogens is 2. The van der Waals surface area contributed by atoms with E-state index >= 15 is 0 Å². The largest absolute Gasteiger partial charge is 0.468 e. The Balaban J connectivity index is 1.43. The lowest BCUT2D eigenvalue weighted by Gasteiger charge is -2.10. The number of benzene rings is 4. The van der Waals surface area contributed by atoms with Crippen LogP contribution in [0.1, 0.15) is 35.1 Å². The van der Waals surface area contributed by atoms with E-state index in [2.05, 4.69) is 29.6 Å². The molecule has 212 valence electrons. The Morgan fingerprint density at radius 3 is 2.17 bits per heavy atom. The minimum Gasteiger partial charge on any atom is -0.468 e. The highest BCUT2D eigenvalue weighted by Crippen LogP contribution is 2.32. The molecule has 0 atom stereocenters. The summed E-state index contributed by atoms with van der Waals surface area (Å²) in [4.78, 5) is 28.5. The van der Waals surface area contributed by atoms with Gasteiger partial charge in [0.15, 0.2) is 5.78 Å². The van der Waals surface area contributed by atoms with Gasteiger partial charge in [-0.1, -0.05) is 78.7 Å². The van der Waals surface area contributed by atoms with Crippen LogP contribution in [0.15, 0.2) is 97.2 Å². The summed E-state index contributed by atoms with van der Waals surface area (Å²) >= 11 is 12.7. The van der Waals surface area contributed by atoms with Crippen LogP contribution in [-0.4, -0.2) is 35.0 Å². The number of nitrogens with zero attached hydrogens (tertiary/aromatic N) is 2. The molecule has 0 unspecified atom stereocenters. The summed E-state index contributed by atoms with van der Waals surface area (Å²) in [6, 6.07) is 29.2. The minimum absolute atomic E-state index is 0.0857. The van der Waals surface area contributed by atoms with Crippen LogP contribution in [-0.2, 0) is 16.0 Å². The average molecular weight is 599 g/mol. The smallest absolute Gasteiger partial charge is 0.325 e. The first-order valence-corrected chi connectivity index (χ1v) is 14.3. The summed E-state index contributed by atoms with van der Waals surface area (Å²) in [6.45, 7) is 1.95. The molecular formula is C34H29Cl2N3O3. The molecule has 0 spiro atoms. The third-order valence-electron chi connectivity index (χ3n) is 6.97. The molecule has 1 aromatic heterocycles. The molecule has 8 heteroatoms. The van der Waals surface area contributed by atoms with Gasteiger partial charge >= 0.3 is 5.97 Å². The average Bonchev–Trinajstić information content (AvgIpc) is 3.43. The molecule has 0 radical (unpaired) electrons. The summed E-state index contributed by atoms with van der Waals surface area (Å²) in [6.07, 6.45) is 3.04. The number of rotatable bonds is 10. The van der Waals surface area contributed by atoms with Crippen molar-refractivity contribution in [1.29, 1.82) is 0 Å². The molecule has 1 N–H and O–H groups in total. The van der Waals surface area contributed by atoms with Gasteiger partial charge in [0.1, 0.15) is 12.4 Å². The third kappa shape index (κ3) is 6.73. The van der Waals surface area contributed by atoms with E-state index in [1.54, 1.807) is 12.1 Å². The highest BCUT2D eigenvalue weighted by Gasteiger charge is 2.15. The molecule has 42 heavy (non-hydrogen) atoms. The van der Waals surface area contributed by atoms with Crippen molar-refractivity contribution < 1.29 is 14.3 Å². The second kappa shape index (κ2) is 13.1. The standard InChI is InChI=1S/C34H29Cl2N3O3/c1-3-32(40)25-10-8-24(9-11-25)23-6-4-22(5-7-23)18-33-38-31(29-17-12-26(35)19-30(29)36)21-39(33)28-15-13-27(14-16-28)37-20-34(41)42-2/h4-17,19,21,37H,3,18,20H2,1-2H3. The normalized spacial score (nSPS) is 10.9. The molecule has 0 fully saturated rings. The van der Waals surface area contributed by atoms with Crippen molar-refractivity contribution in [3.05, 3.63) is 124 Å². The second-order valence-electron chi connectivity index (χ2n) is 9.74. The number of hydrogen-bond acceptors (Lipinski definition) is 5. The first-order valence-electron chi connectivity index (χ1n) is 13.5. The van der Waals surface area contributed by atoms with E-state index in [0.29, 0.717) is 22.9 Å². The van der Waals surface area contributed by atoms with E-state index in [1.807, 2.05) is 72.3 Å². The molecule has 0 aliphatic rings. The van der Waals surface area contributed by atoms with E-state index in [4.69, 9.17) is 32.9 Å². The van der Waals surface area contributed by atoms with Crippen molar-refractivity contribution in [2.45, 2.75) is 19.8 Å². The maximum Gasteiger partial charge on any atom is 0.325 e. The molecule has 6 nitrogen and oxygen atoms in total. The van der Waals surface area contributed by atoms with Gasteiger partial charge in [0.25, 0.3) is 0 Å². The van der Waals surface area contributed by atoms with Crippen molar-refractivity contribution in [3.63, 3.8) is 0 Å². The second-order valence-corrected chi connectivity index (χ2v) is 10.6. The molecule has 0 amide bonds. The Bertz CT molecular complexity index is 1710. The zero-order valence-corrected chi connectivity index (χ0v) is 24.7. The van der Waals surface area contributed by atoms with Gasteiger partial charge in [-0.3, -0.25) is 9.59 Å². The summed E-state index contributed by atoms with van der Waals surface area (Å²) in [7, 11) is 1.36. The SMILES string of the molecule is CCC(=O)c1ccc(-c2ccc(Cc3nc(-c4ccc(Cl)cc4Cl)cn3-c3ccc(NCC(=O)OC)cc3)cc2)cc1. The van der Waals surface area contributed by atoms with Gasteiger partial charge in [-0.05, 0) is 59.2 Å². The maximum atomic E-state index is 12.0. The summed E-state index contributed by atoms with van der Waals surface area (Å²) in [5, 5.41) is 4.14. The predicted octanol–water partition coefficient (Wildman–Crippen LogP) is 8.28. The van der Waals surface area contributed by atoms with Crippen LogP contribution in [0.5, 0.6) is 0 Å². The number of hydrogen-bond donors (Lipinski definition) is 1. The number of carbonyl (C=O) groups is 2. The number of esters is 1. The lowest BCUT2D eigenvalue weighted by Crippen LogP contribution is -2.14. The molecule has 4 aromatic carbocycles. The third-order valence-corrected chi connectivity index (χ3v) is 7.52. The van der Waals surface area contributed by atoms with E-state index in [0.717, 1.165) is 50.7 Å². The topological polar surface area (TPSA) is 73.2 Å². The summed E-state index contributed by atoms with van der Waals surface area (Å²) in [5.41, 5.74) is 7.18. The fraction of sp³-hybridized carbons (Fsp3) is 0.147. The monoisotopic (exact) mass is 597 g/mol. The summed E-state index contributed by atoms with van der Waals surface area (Å²) in [5.74, 6) is 0.635. The van der Waals surface area contributed by atoms with E-state index in [9.17, 15) is 9.59 Å². The van der Waals surface area contributed by atoms with Crippen LogP contribution < -0.4 is 5.32 Å². The number of ether oxygens (including phenoxy) is 1. The van der Waals surface area contributed by atoms with Crippen LogP contribution in [0.25, 0.3) is 28.1 Å². The van der Waals surface area contributed by atoms with Gasteiger partial charge in [-0.15, -0.1) is 0 Å².